The summed E-state index contributed by atoms with van der Waals surface area (Å²) in [5.74, 6) is 2.37. The highest BCUT2D eigenvalue weighted by Gasteiger charge is 2.60. The highest BCUT2D eigenvalue weighted by atomic mass is 16.2. The maximum absolute atomic E-state index is 13.1. The van der Waals surface area contributed by atoms with Crippen molar-refractivity contribution in [2.24, 2.45) is 34.5 Å². The van der Waals surface area contributed by atoms with Gasteiger partial charge in [0.15, 0.2) is 0 Å². The van der Waals surface area contributed by atoms with E-state index in [0.29, 0.717) is 11.8 Å². The average molecular weight is 373 g/mol. The molecule has 0 unspecified atom stereocenters. The van der Waals surface area contributed by atoms with E-state index in [9.17, 15) is 9.59 Å². The van der Waals surface area contributed by atoms with Crippen LogP contribution in [0.15, 0.2) is 12.2 Å². The maximum Gasteiger partial charge on any atom is 0.243 e. The first-order chi connectivity index (χ1) is 12.5. The summed E-state index contributed by atoms with van der Waals surface area (Å²) in [5, 5.41) is 6.48. The van der Waals surface area contributed by atoms with Crippen molar-refractivity contribution in [1.29, 1.82) is 0 Å². The van der Waals surface area contributed by atoms with Crippen LogP contribution in [0.5, 0.6) is 0 Å². The smallest absolute Gasteiger partial charge is 0.243 e. The van der Waals surface area contributed by atoms with Crippen LogP contribution in [0.2, 0.25) is 0 Å². The Balaban J connectivity index is 1.62. The summed E-state index contributed by atoms with van der Waals surface area (Å²) in [6.45, 7) is 10.9. The summed E-state index contributed by atoms with van der Waals surface area (Å²) in [6.07, 6.45) is 10.8. The molecule has 7 atom stereocenters. The number of amides is 2. The van der Waals surface area contributed by atoms with E-state index < -0.39 is 0 Å². The second-order valence-corrected chi connectivity index (χ2v) is 11.2. The number of hydrogen-bond acceptors (Lipinski definition) is 2. The molecule has 1 aliphatic heterocycles. The monoisotopic (exact) mass is 372 g/mol. The van der Waals surface area contributed by atoms with Gasteiger partial charge in [0.25, 0.3) is 0 Å². The molecule has 3 saturated carbocycles. The molecule has 4 aliphatic rings. The van der Waals surface area contributed by atoms with Gasteiger partial charge in [-0.2, -0.15) is 0 Å². The third kappa shape index (κ3) is 3.03. The molecule has 0 bridgehead atoms. The van der Waals surface area contributed by atoms with Gasteiger partial charge >= 0.3 is 0 Å². The quantitative estimate of drug-likeness (QED) is 0.735. The Morgan fingerprint density at radius 3 is 2.63 bits per heavy atom. The molecule has 0 radical (unpaired) electrons. The molecule has 2 N–H and O–H groups in total. The van der Waals surface area contributed by atoms with Crippen molar-refractivity contribution in [3.05, 3.63) is 12.2 Å². The van der Waals surface area contributed by atoms with Gasteiger partial charge in [0.1, 0.15) is 0 Å². The van der Waals surface area contributed by atoms with E-state index >= 15 is 0 Å². The molecule has 0 aromatic rings. The Hall–Kier alpha value is -1.32. The lowest BCUT2D eigenvalue weighted by molar-refractivity contribution is -0.134. The number of hydrogen-bond donors (Lipinski definition) is 2. The molecule has 0 aromatic carbocycles. The van der Waals surface area contributed by atoms with E-state index in [0.717, 1.165) is 25.2 Å². The minimum atomic E-state index is -0.180. The summed E-state index contributed by atoms with van der Waals surface area (Å²) >= 11 is 0. The van der Waals surface area contributed by atoms with E-state index in [1.165, 1.54) is 19.3 Å². The second kappa shape index (κ2) is 6.09. The van der Waals surface area contributed by atoms with Crippen LogP contribution in [0.4, 0.5) is 0 Å². The highest BCUT2D eigenvalue weighted by molar-refractivity contribution is 5.89. The van der Waals surface area contributed by atoms with Crippen LogP contribution in [0.3, 0.4) is 0 Å². The van der Waals surface area contributed by atoms with Crippen molar-refractivity contribution >= 4 is 11.8 Å². The summed E-state index contributed by atoms with van der Waals surface area (Å²) in [5.41, 5.74) is -0.0732. The number of nitrogens with one attached hydrogen (secondary N) is 2. The molecule has 3 fully saturated rings. The van der Waals surface area contributed by atoms with Gasteiger partial charge in [-0.3, -0.25) is 9.59 Å². The van der Waals surface area contributed by atoms with E-state index in [-0.39, 0.29) is 40.1 Å². The normalized spacial score (nSPS) is 46.1. The van der Waals surface area contributed by atoms with E-state index in [4.69, 9.17) is 0 Å². The van der Waals surface area contributed by atoms with Crippen LogP contribution in [-0.4, -0.2) is 23.4 Å². The first kappa shape index (κ1) is 19.0. The van der Waals surface area contributed by atoms with Crippen LogP contribution in [0.1, 0.15) is 73.1 Å². The predicted molar refractivity (Wildman–Crippen MR) is 107 cm³/mol. The van der Waals surface area contributed by atoms with Crippen LogP contribution >= 0.6 is 0 Å². The van der Waals surface area contributed by atoms with Gasteiger partial charge < -0.3 is 10.6 Å². The maximum atomic E-state index is 13.1. The Morgan fingerprint density at radius 2 is 1.93 bits per heavy atom. The second-order valence-electron chi connectivity index (χ2n) is 11.2. The summed E-state index contributed by atoms with van der Waals surface area (Å²) in [6, 6.07) is 0.250. The van der Waals surface area contributed by atoms with Gasteiger partial charge in [0, 0.05) is 22.9 Å². The summed E-state index contributed by atoms with van der Waals surface area (Å²) < 4.78 is 0. The SMILES string of the molecule is CC(C)(C)NC(=O)[C@@H]1CC[C@H]2C[C@H]3CC[C@@H]4NC(=O)C=C[C@]4(C)[C@H]3C[C@]21C. The lowest BCUT2D eigenvalue weighted by Crippen LogP contribution is -2.59. The van der Waals surface area contributed by atoms with Crippen molar-refractivity contribution in [1.82, 2.24) is 10.6 Å². The predicted octanol–water partition coefficient (Wildman–Crippen LogP) is 3.81. The molecule has 4 rings (SSSR count). The third-order valence-corrected chi connectivity index (χ3v) is 8.45. The van der Waals surface area contributed by atoms with Crippen molar-refractivity contribution in [3.63, 3.8) is 0 Å². The molecular formula is C23H36N2O2. The number of fused-ring (bicyclic) bond motifs is 4. The highest BCUT2D eigenvalue weighted by Crippen LogP contribution is 2.64. The molecular weight excluding hydrogens is 336 g/mol. The molecule has 0 aromatic heterocycles. The molecule has 27 heavy (non-hydrogen) atoms. The zero-order valence-corrected chi connectivity index (χ0v) is 17.6. The molecule has 0 spiro atoms. The molecule has 0 saturated heterocycles. The van der Waals surface area contributed by atoms with Crippen molar-refractivity contribution in [2.75, 3.05) is 0 Å². The standard InChI is InChI=1S/C23H36N2O2/c1-21(2,3)25-20(27)16-8-7-15-12-14-6-9-18-22(4,11-10-19(26)24-18)17(14)13-23(15,16)5/h10-11,14-18H,6-9,12-13H2,1-5H3,(H,24,26)(H,25,27)/t14-,15+,16+,17+,18+,22-,23-/m1/s1. The fourth-order valence-corrected chi connectivity index (χ4v) is 7.00. The number of carbonyl (C=O) groups excluding carboxylic acids is 2. The molecule has 4 heteroatoms. The van der Waals surface area contributed by atoms with E-state index in [1.54, 1.807) is 6.08 Å². The van der Waals surface area contributed by atoms with Gasteiger partial charge in [0.2, 0.25) is 11.8 Å². The van der Waals surface area contributed by atoms with Crippen molar-refractivity contribution in [3.8, 4) is 0 Å². The van der Waals surface area contributed by atoms with Gasteiger partial charge in [-0.05, 0) is 88.5 Å². The number of carbonyl (C=O) groups is 2. The van der Waals surface area contributed by atoms with E-state index in [1.807, 2.05) is 0 Å². The Labute approximate surface area is 163 Å². The first-order valence-corrected chi connectivity index (χ1v) is 10.8. The summed E-state index contributed by atoms with van der Waals surface area (Å²) in [4.78, 5) is 25.0. The van der Waals surface area contributed by atoms with Gasteiger partial charge in [-0.25, -0.2) is 0 Å². The topological polar surface area (TPSA) is 58.2 Å². The van der Waals surface area contributed by atoms with Gasteiger partial charge in [0.05, 0.1) is 0 Å². The van der Waals surface area contributed by atoms with Crippen molar-refractivity contribution in [2.45, 2.75) is 84.7 Å². The largest absolute Gasteiger partial charge is 0.351 e. The van der Waals surface area contributed by atoms with Crippen molar-refractivity contribution < 1.29 is 9.59 Å². The number of rotatable bonds is 1. The average Bonchev–Trinajstić information content (AvgIpc) is 2.89. The van der Waals surface area contributed by atoms with Crippen LogP contribution in [0.25, 0.3) is 0 Å². The molecule has 1 heterocycles. The summed E-state index contributed by atoms with van der Waals surface area (Å²) in [7, 11) is 0. The third-order valence-electron chi connectivity index (χ3n) is 8.45. The van der Waals surface area contributed by atoms with Gasteiger partial charge in [-0.1, -0.05) is 19.9 Å². The fourth-order valence-electron chi connectivity index (χ4n) is 7.00. The Kier molecular flexibility index (Phi) is 4.29. The van der Waals surface area contributed by atoms with E-state index in [2.05, 4.69) is 51.3 Å². The van der Waals surface area contributed by atoms with Crippen LogP contribution in [0, 0.1) is 34.5 Å². The zero-order valence-electron chi connectivity index (χ0n) is 17.6. The fraction of sp³-hybridized carbons (Fsp3) is 0.826. The minimum absolute atomic E-state index is 0.0262. The van der Waals surface area contributed by atoms with Crippen LogP contribution in [-0.2, 0) is 9.59 Å². The Morgan fingerprint density at radius 1 is 1.19 bits per heavy atom. The first-order valence-electron chi connectivity index (χ1n) is 10.8. The zero-order chi connectivity index (χ0) is 19.6. The van der Waals surface area contributed by atoms with Crippen LogP contribution < -0.4 is 10.6 Å². The Bertz CT molecular complexity index is 678. The molecule has 4 nitrogen and oxygen atoms in total. The molecule has 3 aliphatic carbocycles. The minimum Gasteiger partial charge on any atom is -0.351 e. The lowest BCUT2D eigenvalue weighted by Gasteiger charge is -2.58. The molecule has 2 amide bonds. The molecule has 150 valence electrons. The lowest BCUT2D eigenvalue weighted by atomic mass is 9.48. The van der Waals surface area contributed by atoms with Gasteiger partial charge in [-0.15, -0.1) is 0 Å².